The van der Waals surface area contributed by atoms with Gasteiger partial charge in [-0.3, -0.25) is 14.6 Å². The Hall–Kier alpha value is -4.18. The van der Waals surface area contributed by atoms with Crippen molar-refractivity contribution in [2.75, 3.05) is 16.0 Å². The highest BCUT2D eigenvalue weighted by Gasteiger charge is 2.21. The average molecular weight is 456 g/mol. The molecular formula is C27H29N5O2. The maximum absolute atomic E-state index is 13.0. The van der Waals surface area contributed by atoms with Gasteiger partial charge in [-0.05, 0) is 76.1 Å². The minimum absolute atomic E-state index is 0.238. The summed E-state index contributed by atoms with van der Waals surface area (Å²) in [5, 5.41) is 18.4. The summed E-state index contributed by atoms with van der Waals surface area (Å²) >= 11 is 0. The molecule has 0 aliphatic carbocycles. The number of anilines is 3. The van der Waals surface area contributed by atoms with Crippen molar-refractivity contribution in [3.8, 4) is 6.07 Å². The lowest BCUT2D eigenvalue weighted by molar-refractivity contribution is 0.101. The first kappa shape index (κ1) is 24.5. The predicted molar refractivity (Wildman–Crippen MR) is 135 cm³/mol. The molecule has 2 aromatic carbocycles. The first-order chi connectivity index (χ1) is 16.1. The Morgan fingerprint density at radius 2 is 1.65 bits per heavy atom. The second-order valence-corrected chi connectivity index (χ2v) is 9.02. The quantitative estimate of drug-likeness (QED) is 0.435. The van der Waals surface area contributed by atoms with E-state index in [1.54, 1.807) is 62.6 Å². The van der Waals surface area contributed by atoms with E-state index in [0.29, 0.717) is 22.5 Å². The Balaban J connectivity index is 1.78. The lowest BCUT2D eigenvalue weighted by Crippen LogP contribution is -2.18. The number of nitrogens with zero attached hydrogens (tertiary/aromatic N) is 2. The molecule has 2 amide bonds. The summed E-state index contributed by atoms with van der Waals surface area (Å²) in [6.45, 7) is 9.49. The van der Waals surface area contributed by atoms with E-state index in [0.717, 1.165) is 16.8 Å². The molecule has 1 heterocycles. The molecule has 3 N–H and O–H groups in total. The zero-order chi connectivity index (χ0) is 24.9. The molecule has 0 aliphatic rings. The normalized spacial score (nSPS) is 11.0. The molecule has 0 aliphatic heterocycles. The summed E-state index contributed by atoms with van der Waals surface area (Å²) in [5.41, 5.74) is 3.59. The van der Waals surface area contributed by atoms with Crippen LogP contribution in [0.5, 0.6) is 0 Å². The third-order valence-electron chi connectivity index (χ3n) is 5.32. The molecule has 0 atom stereocenters. The first-order valence-electron chi connectivity index (χ1n) is 11.1. The van der Waals surface area contributed by atoms with Crippen LogP contribution in [-0.2, 0) is 5.41 Å². The van der Waals surface area contributed by atoms with Crippen molar-refractivity contribution in [2.45, 2.75) is 46.1 Å². The zero-order valence-corrected chi connectivity index (χ0v) is 20.1. The highest BCUT2D eigenvalue weighted by atomic mass is 16.2. The minimum Gasteiger partial charge on any atom is -0.382 e. The Bertz CT molecular complexity index is 1260. The monoisotopic (exact) mass is 455 g/mol. The van der Waals surface area contributed by atoms with Crippen molar-refractivity contribution in [1.29, 1.82) is 5.26 Å². The minimum atomic E-state index is -0.706. The average Bonchev–Trinajstić information content (AvgIpc) is 2.80. The largest absolute Gasteiger partial charge is 0.382 e. The van der Waals surface area contributed by atoms with Crippen molar-refractivity contribution in [3.05, 3.63) is 83.2 Å². The summed E-state index contributed by atoms with van der Waals surface area (Å²) in [7, 11) is 0. The van der Waals surface area contributed by atoms with Gasteiger partial charge in [0.05, 0.1) is 35.3 Å². The number of nitrogens with one attached hydrogen (secondary N) is 3. The number of benzene rings is 2. The van der Waals surface area contributed by atoms with E-state index < -0.39 is 5.41 Å². The predicted octanol–water partition coefficient (Wildman–Crippen LogP) is 5.52. The molecule has 0 spiro atoms. The van der Waals surface area contributed by atoms with E-state index in [2.05, 4.69) is 27.0 Å². The number of aromatic nitrogens is 1. The Morgan fingerprint density at radius 3 is 2.35 bits per heavy atom. The van der Waals surface area contributed by atoms with Crippen LogP contribution in [-0.4, -0.2) is 22.8 Å². The number of carbonyl (C=O) groups excluding carboxylic acids is 2. The molecule has 0 radical (unpaired) electrons. The summed E-state index contributed by atoms with van der Waals surface area (Å²) in [4.78, 5) is 30.0. The zero-order valence-electron chi connectivity index (χ0n) is 20.1. The van der Waals surface area contributed by atoms with E-state index in [1.165, 1.54) is 0 Å². The number of carbonyl (C=O) groups is 2. The Labute approximate surface area is 200 Å². The van der Waals surface area contributed by atoms with Gasteiger partial charge in [-0.1, -0.05) is 18.2 Å². The molecule has 0 fully saturated rings. The topological polar surface area (TPSA) is 107 Å². The van der Waals surface area contributed by atoms with Crippen LogP contribution in [0.3, 0.4) is 0 Å². The second-order valence-electron chi connectivity index (χ2n) is 9.02. The standard InChI is InChI=1S/C27H29N5O2/c1-17(2)30-22-12-23(15-29-14-22)32-26(34)24-13-21(10-9-18(24)3)31-25(33)19-7-6-8-20(11-19)27(4,5)16-28/h6-15,17,30H,1-5H3,(H,31,33)(H,32,34). The van der Waals surface area contributed by atoms with Gasteiger partial charge in [0.15, 0.2) is 0 Å². The maximum Gasteiger partial charge on any atom is 0.256 e. The molecular weight excluding hydrogens is 426 g/mol. The van der Waals surface area contributed by atoms with Crippen molar-refractivity contribution in [2.24, 2.45) is 0 Å². The molecule has 0 unspecified atom stereocenters. The van der Waals surface area contributed by atoms with Crippen LogP contribution in [0.1, 0.15) is 59.5 Å². The highest BCUT2D eigenvalue weighted by Crippen LogP contribution is 2.24. The lowest BCUT2D eigenvalue weighted by Gasteiger charge is -2.16. The second kappa shape index (κ2) is 10.2. The molecule has 0 saturated heterocycles. The fourth-order valence-corrected chi connectivity index (χ4v) is 3.38. The summed E-state index contributed by atoms with van der Waals surface area (Å²) < 4.78 is 0. The van der Waals surface area contributed by atoms with E-state index in [1.807, 2.05) is 32.9 Å². The van der Waals surface area contributed by atoms with Crippen LogP contribution >= 0.6 is 0 Å². The first-order valence-corrected chi connectivity index (χ1v) is 11.1. The number of hydrogen-bond donors (Lipinski definition) is 3. The number of rotatable bonds is 7. The van der Waals surface area contributed by atoms with Crippen LogP contribution in [0.25, 0.3) is 0 Å². The van der Waals surface area contributed by atoms with Crippen LogP contribution in [0.4, 0.5) is 17.1 Å². The fraction of sp³-hybridized carbons (Fsp3) is 0.259. The van der Waals surface area contributed by atoms with E-state index in [9.17, 15) is 14.9 Å². The van der Waals surface area contributed by atoms with Gasteiger partial charge in [0.2, 0.25) is 0 Å². The van der Waals surface area contributed by atoms with Crippen LogP contribution < -0.4 is 16.0 Å². The van der Waals surface area contributed by atoms with Gasteiger partial charge in [0.1, 0.15) is 0 Å². The van der Waals surface area contributed by atoms with Crippen LogP contribution in [0.2, 0.25) is 0 Å². The number of nitriles is 1. The van der Waals surface area contributed by atoms with E-state index in [-0.39, 0.29) is 17.9 Å². The highest BCUT2D eigenvalue weighted by molar-refractivity contribution is 6.08. The van der Waals surface area contributed by atoms with E-state index in [4.69, 9.17) is 0 Å². The fourth-order valence-electron chi connectivity index (χ4n) is 3.38. The SMILES string of the molecule is Cc1ccc(NC(=O)c2cccc(C(C)(C)C#N)c2)cc1C(=O)Nc1cncc(NC(C)C)c1. The maximum atomic E-state index is 13.0. The third-order valence-corrected chi connectivity index (χ3v) is 5.32. The van der Waals surface area contributed by atoms with Gasteiger partial charge in [-0.2, -0.15) is 5.26 Å². The van der Waals surface area contributed by atoms with Gasteiger partial charge in [0, 0.05) is 22.9 Å². The van der Waals surface area contributed by atoms with Gasteiger partial charge in [-0.25, -0.2) is 0 Å². The van der Waals surface area contributed by atoms with Crippen molar-refractivity contribution < 1.29 is 9.59 Å². The summed E-state index contributed by atoms with van der Waals surface area (Å²) in [6.07, 6.45) is 3.28. The van der Waals surface area contributed by atoms with Gasteiger partial charge < -0.3 is 16.0 Å². The lowest BCUT2D eigenvalue weighted by atomic mass is 9.85. The molecule has 174 valence electrons. The smallest absolute Gasteiger partial charge is 0.256 e. The number of aryl methyl sites for hydroxylation is 1. The van der Waals surface area contributed by atoms with E-state index >= 15 is 0 Å². The van der Waals surface area contributed by atoms with Crippen molar-refractivity contribution in [3.63, 3.8) is 0 Å². The van der Waals surface area contributed by atoms with Crippen LogP contribution in [0.15, 0.2) is 60.9 Å². The Morgan fingerprint density at radius 1 is 0.941 bits per heavy atom. The number of amides is 2. The molecule has 0 saturated carbocycles. The molecule has 7 nitrogen and oxygen atoms in total. The molecule has 34 heavy (non-hydrogen) atoms. The summed E-state index contributed by atoms with van der Waals surface area (Å²) in [6, 6.07) is 16.5. The van der Waals surface area contributed by atoms with Gasteiger partial charge in [-0.15, -0.1) is 0 Å². The van der Waals surface area contributed by atoms with Gasteiger partial charge in [0.25, 0.3) is 11.8 Å². The van der Waals surface area contributed by atoms with Crippen molar-refractivity contribution >= 4 is 28.9 Å². The summed E-state index contributed by atoms with van der Waals surface area (Å²) in [5.74, 6) is -0.614. The Kier molecular flexibility index (Phi) is 7.32. The molecule has 1 aromatic heterocycles. The number of hydrogen-bond acceptors (Lipinski definition) is 5. The third kappa shape index (κ3) is 5.99. The molecule has 3 aromatic rings. The number of pyridine rings is 1. The van der Waals surface area contributed by atoms with Crippen molar-refractivity contribution in [1.82, 2.24) is 4.98 Å². The molecule has 7 heteroatoms. The van der Waals surface area contributed by atoms with Gasteiger partial charge >= 0.3 is 0 Å². The molecule has 0 bridgehead atoms. The van der Waals surface area contributed by atoms with Crippen LogP contribution in [0, 0.1) is 18.3 Å². The molecule has 3 rings (SSSR count).